The number of fused-ring (bicyclic) bond motifs is 1. The van der Waals surface area contributed by atoms with Gasteiger partial charge in [-0.2, -0.15) is 0 Å². The molecule has 0 saturated heterocycles. The van der Waals surface area contributed by atoms with Crippen LogP contribution >= 0.6 is 0 Å². The Kier molecular flexibility index (Phi) is 3.98. The van der Waals surface area contributed by atoms with Crippen molar-refractivity contribution in [1.82, 2.24) is 0 Å². The standard InChI is InChI=1S/C16H18O/c1-2-3-4-9-14-11-7-10-13-8-5-6-12-15(13)16(14)17/h5-6,8,12,14H,4,7,9-11H2,1H3. The molecule has 0 heterocycles. The van der Waals surface area contributed by atoms with E-state index in [1.807, 2.05) is 25.1 Å². The Hall–Kier alpha value is -1.55. The lowest BCUT2D eigenvalue weighted by atomic mass is 9.91. The molecule has 0 bridgehead atoms. The largest absolute Gasteiger partial charge is 0.294 e. The third-order valence-electron chi connectivity index (χ3n) is 3.45. The van der Waals surface area contributed by atoms with Crippen LogP contribution in [0.1, 0.15) is 48.5 Å². The molecule has 1 unspecified atom stereocenters. The normalized spacial score (nSPS) is 18.9. The van der Waals surface area contributed by atoms with Crippen LogP contribution in [-0.2, 0) is 6.42 Å². The predicted molar refractivity (Wildman–Crippen MR) is 69.9 cm³/mol. The fourth-order valence-electron chi connectivity index (χ4n) is 2.52. The number of rotatable bonds is 2. The highest BCUT2D eigenvalue weighted by atomic mass is 16.1. The van der Waals surface area contributed by atoms with Crippen LogP contribution in [-0.4, -0.2) is 5.78 Å². The molecule has 1 aliphatic rings. The van der Waals surface area contributed by atoms with Crippen LogP contribution in [0.4, 0.5) is 0 Å². The first-order valence-electron chi connectivity index (χ1n) is 6.34. The minimum atomic E-state index is 0.180. The zero-order chi connectivity index (χ0) is 12.1. The van der Waals surface area contributed by atoms with Gasteiger partial charge in [-0.3, -0.25) is 4.79 Å². The average molecular weight is 226 g/mol. The minimum Gasteiger partial charge on any atom is -0.294 e. The molecule has 1 atom stereocenters. The summed E-state index contributed by atoms with van der Waals surface area (Å²) in [6.45, 7) is 1.85. The zero-order valence-corrected chi connectivity index (χ0v) is 10.3. The van der Waals surface area contributed by atoms with Crippen molar-refractivity contribution in [3.05, 3.63) is 35.4 Å². The fraction of sp³-hybridized carbons (Fsp3) is 0.438. The van der Waals surface area contributed by atoms with Gasteiger partial charge >= 0.3 is 0 Å². The second kappa shape index (κ2) is 5.68. The molecule has 1 aromatic rings. The maximum atomic E-state index is 12.4. The van der Waals surface area contributed by atoms with Gasteiger partial charge in [-0.05, 0) is 38.2 Å². The van der Waals surface area contributed by atoms with Crippen molar-refractivity contribution >= 4 is 5.78 Å². The Bertz CT molecular complexity index is 462. The van der Waals surface area contributed by atoms with Crippen molar-refractivity contribution in [3.63, 3.8) is 0 Å². The van der Waals surface area contributed by atoms with Gasteiger partial charge < -0.3 is 0 Å². The molecule has 2 rings (SSSR count). The molecule has 1 nitrogen and oxygen atoms in total. The highest BCUT2D eigenvalue weighted by molar-refractivity contribution is 5.99. The first-order valence-corrected chi connectivity index (χ1v) is 6.34. The second-order valence-electron chi connectivity index (χ2n) is 4.58. The molecule has 88 valence electrons. The lowest BCUT2D eigenvalue weighted by molar-refractivity contribution is 0.0910. The van der Waals surface area contributed by atoms with E-state index in [0.29, 0.717) is 5.78 Å². The van der Waals surface area contributed by atoms with E-state index in [1.165, 1.54) is 5.56 Å². The Morgan fingerprint density at radius 3 is 3.00 bits per heavy atom. The van der Waals surface area contributed by atoms with Gasteiger partial charge in [-0.15, -0.1) is 11.8 Å². The van der Waals surface area contributed by atoms with Gasteiger partial charge in [0.15, 0.2) is 5.78 Å². The average Bonchev–Trinajstić information content (AvgIpc) is 2.51. The summed E-state index contributed by atoms with van der Waals surface area (Å²) in [5.74, 6) is 6.46. The first kappa shape index (κ1) is 11.9. The van der Waals surface area contributed by atoms with Crippen LogP contribution in [0.3, 0.4) is 0 Å². The van der Waals surface area contributed by atoms with Crippen molar-refractivity contribution in [3.8, 4) is 11.8 Å². The van der Waals surface area contributed by atoms with Gasteiger partial charge in [-0.25, -0.2) is 0 Å². The molecule has 1 aromatic carbocycles. The van der Waals surface area contributed by atoms with Crippen LogP contribution in [0.25, 0.3) is 0 Å². The summed E-state index contributed by atoms with van der Waals surface area (Å²) >= 11 is 0. The predicted octanol–water partition coefficient (Wildman–Crippen LogP) is 3.63. The van der Waals surface area contributed by atoms with Crippen molar-refractivity contribution in [2.24, 2.45) is 5.92 Å². The number of benzene rings is 1. The zero-order valence-electron chi connectivity index (χ0n) is 10.3. The topological polar surface area (TPSA) is 17.1 Å². The minimum absolute atomic E-state index is 0.180. The van der Waals surface area contributed by atoms with E-state index < -0.39 is 0 Å². The molecule has 0 amide bonds. The SMILES string of the molecule is CC#CCCC1CCCc2ccccc2C1=O. The molecule has 0 aliphatic heterocycles. The van der Waals surface area contributed by atoms with Crippen LogP contribution in [0, 0.1) is 17.8 Å². The summed E-state index contributed by atoms with van der Waals surface area (Å²) in [6, 6.07) is 8.04. The van der Waals surface area contributed by atoms with E-state index in [1.54, 1.807) is 0 Å². The number of aryl methyl sites for hydroxylation is 1. The number of ketones is 1. The summed E-state index contributed by atoms with van der Waals surface area (Å²) in [5.41, 5.74) is 2.17. The summed E-state index contributed by atoms with van der Waals surface area (Å²) in [6.07, 6.45) is 4.92. The Morgan fingerprint density at radius 1 is 1.35 bits per heavy atom. The van der Waals surface area contributed by atoms with Gasteiger partial charge in [0.2, 0.25) is 0 Å². The molecular formula is C16H18O. The number of carbonyl (C=O) groups excluding carboxylic acids is 1. The Balaban J connectivity index is 2.16. The maximum Gasteiger partial charge on any atom is 0.166 e. The van der Waals surface area contributed by atoms with Crippen LogP contribution in [0.5, 0.6) is 0 Å². The summed E-state index contributed by atoms with van der Waals surface area (Å²) in [7, 11) is 0. The third kappa shape index (κ3) is 2.77. The van der Waals surface area contributed by atoms with Gasteiger partial charge in [0.05, 0.1) is 0 Å². The van der Waals surface area contributed by atoms with Gasteiger partial charge in [0.25, 0.3) is 0 Å². The van der Waals surface area contributed by atoms with E-state index in [9.17, 15) is 4.79 Å². The molecule has 0 aromatic heterocycles. The molecule has 17 heavy (non-hydrogen) atoms. The molecule has 0 saturated carbocycles. The van der Waals surface area contributed by atoms with Crippen molar-refractivity contribution in [2.45, 2.75) is 39.0 Å². The fourth-order valence-corrected chi connectivity index (χ4v) is 2.52. The molecule has 0 N–H and O–H groups in total. The third-order valence-corrected chi connectivity index (χ3v) is 3.45. The molecular weight excluding hydrogens is 208 g/mol. The Labute approximate surface area is 103 Å². The number of carbonyl (C=O) groups is 1. The lowest BCUT2D eigenvalue weighted by Gasteiger charge is -2.11. The molecule has 0 fully saturated rings. The summed E-state index contributed by atoms with van der Waals surface area (Å²) < 4.78 is 0. The Morgan fingerprint density at radius 2 is 2.18 bits per heavy atom. The maximum absolute atomic E-state index is 12.4. The van der Waals surface area contributed by atoms with Crippen LogP contribution < -0.4 is 0 Å². The molecule has 0 spiro atoms. The number of hydrogen-bond donors (Lipinski definition) is 0. The quantitative estimate of drug-likeness (QED) is 0.556. The van der Waals surface area contributed by atoms with Crippen LogP contribution in [0.2, 0.25) is 0 Å². The summed E-state index contributed by atoms with van der Waals surface area (Å²) in [5, 5.41) is 0. The van der Waals surface area contributed by atoms with Crippen LogP contribution in [0.15, 0.2) is 24.3 Å². The van der Waals surface area contributed by atoms with Gasteiger partial charge in [0, 0.05) is 17.9 Å². The molecule has 0 radical (unpaired) electrons. The summed E-state index contributed by atoms with van der Waals surface area (Å²) in [4.78, 5) is 12.4. The van der Waals surface area contributed by atoms with E-state index in [-0.39, 0.29) is 5.92 Å². The van der Waals surface area contributed by atoms with Gasteiger partial charge in [0.1, 0.15) is 0 Å². The van der Waals surface area contributed by atoms with Crippen molar-refractivity contribution < 1.29 is 4.79 Å². The highest BCUT2D eigenvalue weighted by Crippen LogP contribution is 2.27. The monoisotopic (exact) mass is 226 g/mol. The van der Waals surface area contributed by atoms with Gasteiger partial charge in [-0.1, -0.05) is 24.3 Å². The number of hydrogen-bond acceptors (Lipinski definition) is 1. The highest BCUT2D eigenvalue weighted by Gasteiger charge is 2.24. The van der Waals surface area contributed by atoms with Crippen molar-refractivity contribution in [1.29, 1.82) is 0 Å². The van der Waals surface area contributed by atoms with E-state index in [4.69, 9.17) is 0 Å². The van der Waals surface area contributed by atoms with Crippen molar-refractivity contribution in [2.75, 3.05) is 0 Å². The second-order valence-corrected chi connectivity index (χ2v) is 4.58. The smallest absolute Gasteiger partial charge is 0.166 e. The molecule has 1 heteroatoms. The van der Waals surface area contributed by atoms with E-state index in [2.05, 4.69) is 17.9 Å². The van der Waals surface area contributed by atoms with E-state index >= 15 is 0 Å². The molecule has 1 aliphatic carbocycles. The number of Topliss-reactive ketones (excluding diaryl/α,β-unsaturated/α-hetero) is 1. The van der Waals surface area contributed by atoms with E-state index in [0.717, 1.165) is 37.7 Å². The lowest BCUT2D eigenvalue weighted by Crippen LogP contribution is -2.13. The first-order chi connectivity index (χ1) is 8.33.